The molecule has 0 atom stereocenters. The van der Waals surface area contributed by atoms with Crippen LogP contribution >= 0.6 is 0 Å². The highest BCUT2D eigenvalue weighted by Gasteiger charge is 2.30. The van der Waals surface area contributed by atoms with E-state index in [2.05, 4.69) is 20.7 Å². The summed E-state index contributed by atoms with van der Waals surface area (Å²) in [5, 5.41) is 18.5. The molecule has 1 amide bonds. The highest BCUT2D eigenvalue weighted by Crippen LogP contribution is 2.30. The summed E-state index contributed by atoms with van der Waals surface area (Å²) >= 11 is 0. The van der Waals surface area contributed by atoms with Crippen LogP contribution in [0.15, 0.2) is 109 Å². The number of carbonyl (C=O) groups excluding carboxylic acids is 1. The molecule has 0 aliphatic rings. The SMILES string of the molecule is Cc1ccc(-n2ncc3c(C(=O)NCc4cn(Cc5ccc(C(F)(F)F)cc5)nn4)cc(-c4ccc5ccccc5c4)nc32)cc1. The maximum atomic E-state index is 13.7. The Kier molecular flexibility index (Phi) is 7.28. The molecular formula is C35H26F3N7O. The molecule has 4 aromatic carbocycles. The Hall–Kier alpha value is -5.84. The molecule has 0 aliphatic carbocycles. The van der Waals surface area contributed by atoms with Crippen molar-refractivity contribution >= 4 is 27.7 Å². The van der Waals surface area contributed by atoms with Gasteiger partial charge in [-0.05, 0) is 59.7 Å². The van der Waals surface area contributed by atoms with Gasteiger partial charge in [-0.1, -0.05) is 71.4 Å². The Bertz CT molecular complexity index is 2200. The van der Waals surface area contributed by atoms with Gasteiger partial charge in [0.05, 0.1) is 53.4 Å². The van der Waals surface area contributed by atoms with Gasteiger partial charge in [0, 0.05) is 5.56 Å². The molecule has 7 rings (SSSR count). The van der Waals surface area contributed by atoms with Gasteiger partial charge in [-0.2, -0.15) is 18.3 Å². The van der Waals surface area contributed by atoms with Gasteiger partial charge in [-0.25, -0.2) is 14.3 Å². The molecular weight excluding hydrogens is 591 g/mol. The summed E-state index contributed by atoms with van der Waals surface area (Å²) in [7, 11) is 0. The topological polar surface area (TPSA) is 90.5 Å². The number of aryl methyl sites for hydroxylation is 1. The summed E-state index contributed by atoms with van der Waals surface area (Å²) in [6.07, 6.45) is -1.11. The molecule has 0 spiro atoms. The Balaban J connectivity index is 1.17. The lowest BCUT2D eigenvalue weighted by molar-refractivity contribution is -0.137. The number of amides is 1. The average Bonchev–Trinajstić information content (AvgIpc) is 3.70. The number of aromatic nitrogens is 6. The summed E-state index contributed by atoms with van der Waals surface area (Å²) in [4.78, 5) is 18.7. The van der Waals surface area contributed by atoms with Crippen molar-refractivity contribution in [1.82, 2.24) is 35.1 Å². The molecule has 0 fully saturated rings. The number of rotatable bonds is 7. The minimum Gasteiger partial charge on any atom is -0.346 e. The smallest absolute Gasteiger partial charge is 0.346 e. The van der Waals surface area contributed by atoms with Crippen molar-refractivity contribution < 1.29 is 18.0 Å². The number of nitrogens with one attached hydrogen (secondary N) is 1. The van der Waals surface area contributed by atoms with E-state index in [1.54, 1.807) is 23.1 Å². The summed E-state index contributed by atoms with van der Waals surface area (Å²) in [5.41, 5.74) is 4.79. The van der Waals surface area contributed by atoms with Gasteiger partial charge in [0.15, 0.2) is 5.65 Å². The normalized spacial score (nSPS) is 11.7. The van der Waals surface area contributed by atoms with Crippen LogP contribution in [0.2, 0.25) is 0 Å². The number of nitrogens with zero attached hydrogens (tertiary/aromatic N) is 6. The van der Waals surface area contributed by atoms with E-state index in [-0.39, 0.29) is 19.0 Å². The van der Waals surface area contributed by atoms with Crippen molar-refractivity contribution in [1.29, 1.82) is 0 Å². The van der Waals surface area contributed by atoms with E-state index >= 15 is 0 Å². The molecule has 0 aliphatic heterocycles. The van der Waals surface area contributed by atoms with E-state index in [9.17, 15) is 18.0 Å². The minimum absolute atomic E-state index is 0.0903. The Morgan fingerprint density at radius 2 is 1.65 bits per heavy atom. The third kappa shape index (κ3) is 5.82. The minimum atomic E-state index is -4.40. The molecule has 228 valence electrons. The molecule has 0 radical (unpaired) electrons. The Morgan fingerprint density at radius 3 is 2.41 bits per heavy atom. The quantitative estimate of drug-likeness (QED) is 0.205. The van der Waals surface area contributed by atoms with E-state index in [1.165, 1.54) is 16.8 Å². The molecule has 11 heteroatoms. The third-order valence-electron chi connectivity index (χ3n) is 7.75. The maximum Gasteiger partial charge on any atom is 0.416 e. The van der Waals surface area contributed by atoms with Crippen LogP contribution in [0, 0.1) is 6.92 Å². The number of halogens is 3. The van der Waals surface area contributed by atoms with E-state index in [0.717, 1.165) is 39.7 Å². The highest BCUT2D eigenvalue weighted by molar-refractivity contribution is 6.06. The lowest BCUT2D eigenvalue weighted by Gasteiger charge is -2.10. The van der Waals surface area contributed by atoms with Gasteiger partial charge < -0.3 is 5.32 Å². The van der Waals surface area contributed by atoms with Gasteiger partial charge in [0.2, 0.25) is 0 Å². The number of alkyl halides is 3. The first-order valence-electron chi connectivity index (χ1n) is 14.5. The van der Waals surface area contributed by atoms with Crippen molar-refractivity contribution in [2.45, 2.75) is 26.2 Å². The molecule has 3 aromatic heterocycles. The Morgan fingerprint density at radius 1 is 0.891 bits per heavy atom. The van der Waals surface area contributed by atoms with Crippen molar-refractivity contribution in [3.63, 3.8) is 0 Å². The average molecular weight is 618 g/mol. The lowest BCUT2D eigenvalue weighted by atomic mass is 10.0. The van der Waals surface area contributed by atoms with Crippen LogP contribution in [0.3, 0.4) is 0 Å². The first-order chi connectivity index (χ1) is 22.2. The van der Waals surface area contributed by atoms with Crippen LogP contribution in [-0.2, 0) is 19.3 Å². The van der Waals surface area contributed by atoms with Crippen molar-refractivity contribution in [2.75, 3.05) is 0 Å². The lowest BCUT2D eigenvalue weighted by Crippen LogP contribution is -2.23. The number of fused-ring (bicyclic) bond motifs is 2. The fourth-order valence-corrected chi connectivity index (χ4v) is 5.31. The van der Waals surface area contributed by atoms with Crippen LogP contribution < -0.4 is 5.32 Å². The summed E-state index contributed by atoms with van der Waals surface area (Å²) in [6, 6.07) is 28.7. The zero-order chi connectivity index (χ0) is 31.8. The summed E-state index contributed by atoms with van der Waals surface area (Å²) < 4.78 is 41.9. The van der Waals surface area contributed by atoms with Gasteiger partial charge in [0.25, 0.3) is 5.91 Å². The van der Waals surface area contributed by atoms with Crippen LogP contribution in [0.5, 0.6) is 0 Å². The predicted octanol–water partition coefficient (Wildman–Crippen LogP) is 7.14. The number of carbonyl (C=O) groups is 1. The molecule has 0 saturated carbocycles. The standard InChI is InChI=1S/C35H26F3N7O/c1-22-6-14-29(15-7-22)45-33-31(19-40-45)30(17-32(41-33)26-11-10-24-4-2-3-5-25(24)16-26)34(46)39-18-28-21-44(43-42-28)20-23-8-12-27(13-9-23)35(36,37)38/h2-17,19,21H,18,20H2,1H3,(H,39,46). The van der Waals surface area contributed by atoms with E-state index in [0.29, 0.717) is 33.5 Å². The zero-order valence-corrected chi connectivity index (χ0v) is 24.5. The number of hydrogen-bond donors (Lipinski definition) is 1. The van der Waals surface area contributed by atoms with Crippen LogP contribution in [0.4, 0.5) is 13.2 Å². The van der Waals surface area contributed by atoms with Gasteiger partial charge in [-0.15, -0.1) is 5.10 Å². The Labute approximate surface area is 261 Å². The summed E-state index contributed by atoms with van der Waals surface area (Å²) in [6.45, 7) is 2.33. The van der Waals surface area contributed by atoms with Crippen molar-refractivity contribution in [3.8, 4) is 16.9 Å². The molecule has 7 aromatic rings. The fraction of sp³-hybridized carbons (Fsp3) is 0.114. The van der Waals surface area contributed by atoms with Crippen LogP contribution in [0.1, 0.15) is 32.7 Å². The zero-order valence-electron chi connectivity index (χ0n) is 24.5. The van der Waals surface area contributed by atoms with Crippen molar-refractivity contribution in [3.05, 3.63) is 137 Å². The molecule has 0 bridgehead atoms. The molecule has 46 heavy (non-hydrogen) atoms. The first kappa shape index (κ1) is 28.9. The number of hydrogen-bond acceptors (Lipinski definition) is 5. The van der Waals surface area contributed by atoms with Crippen LogP contribution in [-0.4, -0.2) is 35.7 Å². The second-order valence-corrected chi connectivity index (χ2v) is 11.0. The fourth-order valence-electron chi connectivity index (χ4n) is 5.31. The monoisotopic (exact) mass is 617 g/mol. The van der Waals surface area contributed by atoms with Crippen LogP contribution in [0.25, 0.3) is 38.8 Å². The van der Waals surface area contributed by atoms with Gasteiger partial charge in [-0.3, -0.25) is 4.79 Å². The van der Waals surface area contributed by atoms with Gasteiger partial charge in [0.1, 0.15) is 5.69 Å². The van der Waals surface area contributed by atoms with Crippen molar-refractivity contribution in [2.24, 2.45) is 0 Å². The molecule has 0 saturated heterocycles. The first-order valence-corrected chi connectivity index (χ1v) is 14.5. The molecule has 0 unspecified atom stereocenters. The second kappa shape index (κ2) is 11.6. The number of benzene rings is 4. The van der Waals surface area contributed by atoms with Gasteiger partial charge >= 0.3 is 6.18 Å². The van der Waals surface area contributed by atoms with E-state index in [1.807, 2.05) is 73.7 Å². The third-order valence-corrected chi connectivity index (χ3v) is 7.75. The second-order valence-electron chi connectivity index (χ2n) is 11.0. The molecule has 1 N–H and O–H groups in total. The predicted molar refractivity (Wildman–Crippen MR) is 168 cm³/mol. The number of pyridine rings is 1. The highest BCUT2D eigenvalue weighted by atomic mass is 19.4. The largest absolute Gasteiger partial charge is 0.416 e. The van der Waals surface area contributed by atoms with E-state index < -0.39 is 11.7 Å². The molecule has 8 nitrogen and oxygen atoms in total. The summed E-state index contributed by atoms with van der Waals surface area (Å²) in [5.74, 6) is -0.338. The maximum absolute atomic E-state index is 13.7. The molecule has 3 heterocycles. The van der Waals surface area contributed by atoms with E-state index in [4.69, 9.17) is 4.98 Å².